The van der Waals surface area contributed by atoms with Crippen LogP contribution < -0.4 is 5.73 Å². The van der Waals surface area contributed by atoms with Crippen molar-refractivity contribution in [3.63, 3.8) is 0 Å². The SMILES string of the molecule is C=C(C)[C@H]1CC[C@@](C)(S)C(O[PH](=O)OC[C@H]2O[C@@](C#N)(c3ccc4c(N)ncnn34)[C@@H]3OC(C)(C)O[C@@H]32)C1. The predicted molar refractivity (Wildman–Crippen MR) is 143 cm³/mol. The van der Waals surface area contributed by atoms with Crippen LogP contribution in [-0.4, -0.2) is 56.2 Å². The fraction of sp³-hybridized carbons (Fsp3) is 0.640. The Morgan fingerprint density at radius 1 is 1.37 bits per heavy atom. The first kappa shape index (κ1) is 27.6. The van der Waals surface area contributed by atoms with E-state index in [0.717, 1.165) is 18.4 Å². The summed E-state index contributed by atoms with van der Waals surface area (Å²) in [5.74, 6) is -0.428. The van der Waals surface area contributed by atoms with Crippen molar-refractivity contribution in [2.75, 3.05) is 12.3 Å². The molecule has 2 aliphatic heterocycles. The number of nitrogen functional groups attached to an aromatic ring is 1. The lowest BCUT2D eigenvalue weighted by atomic mass is 9.77. The Morgan fingerprint density at radius 2 is 2.13 bits per heavy atom. The van der Waals surface area contributed by atoms with Crippen molar-refractivity contribution in [1.29, 1.82) is 5.26 Å². The first-order valence-electron chi connectivity index (χ1n) is 12.6. The van der Waals surface area contributed by atoms with Gasteiger partial charge in [-0.2, -0.15) is 23.0 Å². The fourth-order valence-corrected chi connectivity index (χ4v) is 6.99. The number of fused-ring (bicyclic) bond motifs is 2. The monoisotopic (exact) mass is 563 g/mol. The van der Waals surface area contributed by atoms with Gasteiger partial charge >= 0.3 is 8.25 Å². The van der Waals surface area contributed by atoms with E-state index in [4.69, 9.17) is 41.6 Å². The van der Waals surface area contributed by atoms with Crippen LogP contribution in [0, 0.1) is 17.2 Å². The number of rotatable bonds is 7. The van der Waals surface area contributed by atoms with Gasteiger partial charge in [0.1, 0.15) is 36.2 Å². The van der Waals surface area contributed by atoms with Crippen LogP contribution in [0.1, 0.15) is 52.7 Å². The van der Waals surface area contributed by atoms with E-state index in [-0.39, 0.29) is 24.4 Å². The highest BCUT2D eigenvalue weighted by Gasteiger charge is 2.65. The predicted octanol–water partition coefficient (Wildman–Crippen LogP) is 3.81. The molecule has 0 aromatic carbocycles. The molecule has 3 fully saturated rings. The molecule has 2 saturated heterocycles. The molecule has 3 aliphatic rings. The number of aromatic nitrogens is 3. The van der Waals surface area contributed by atoms with Crippen molar-refractivity contribution in [2.24, 2.45) is 5.92 Å². The second-order valence-electron chi connectivity index (χ2n) is 11.0. The fourth-order valence-electron chi connectivity index (χ4n) is 5.65. The molecule has 0 amide bonds. The van der Waals surface area contributed by atoms with Gasteiger partial charge in [0.15, 0.2) is 11.6 Å². The van der Waals surface area contributed by atoms with Crippen LogP contribution in [0.25, 0.3) is 5.52 Å². The van der Waals surface area contributed by atoms with Crippen LogP contribution in [0.15, 0.2) is 30.6 Å². The summed E-state index contributed by atoms with van der Waals surface area (Å²) in [6.07, 6.45) is 1.17. The molecule has 0 spiro atoms. The second-order valence-corrected chi connectivity index (χ2v) is 13.1. The minimum Gasteiger partial charge on any atom is -0.382 e. The highest BCUT2D eigenvalue weighted by molar-refractivity contribution is 7.81. The van der Waals surface area contributed by atoms with Crippen LogP contribution in [0.4, 0.5) is 5.82 Å². The number of nitrogens with zero attached hydrogens (tertiary/aromatic N) is 4. The Hall–Kier alpha value is -1.97. The van der Waals surface area contributed by atoms with Gasteiger partial charge in [0, 0.05) is 4.75 Å². The van der Waals surface area contributed by atoms with Crippen LogP contribution >= 0.6 is 20.9 Å². The van der Waals surface area contributed by atoms with Gasteiger partial charge in [0.25, 0.3) is 0 Å². The molecule has 2 unspecified atom stereocenters. The Balaban J connectivity index is 1.35. The Morgan fingerprint density at radius 3 is 2.84 bits per heavy atom. The zero-order valence-corrected chi connectivity index (χ0v) is 23.8. The molecule has 38 heavy (non-hydrogen) atoms. The van der Waals surface area contributed by atoms with Gasteiger partial charge in [-0.15, -0.1) is 0 Å². The summed E-state index contributed by atoms with van der Waals surface area (Å²) >= 11 is 4.78. The van der Waals surface area contributed by atoms with Crippen molar-refractivity contribution in [1.82, 2.24) is 14.6 Å². The third-order valence-electron chi connectivity index (χ3n) is 7.75. The highest BCUT2D eigenvalue weighted by Crippen LogP contribution is 2.50. The Labute approximate surface area is 228 Å². The molecule has 2 N–H and O–H groups in total. The van der Waals surface area contributed by atoms with Crippen molar-refractivity contribution < 1.29 is 27.8 Å². The minimum absolute atomic E-state index is 0.123. The van der Waals surface area contributed by atoms with E-state index >= 15 is 0 Å². The largest absolute Gasteiger partial charge is 0.382 e. The molecule has 5 rings (SSSR count). The number of hydrogen-bond acceptors (Lipinski definition) is 11. The van der Waals surface area contributed by atoms with Gasteiger partial charge in [-0.1, -0.05) is 12.2 Å². The normalized spacial score (nSPS) is 37.1. The Bertz CT molecular complexity index is 1310. The summed E-state index contributed by atoms with van der Waals surface area (Å²) in [4.78, 5) is 4.01. The van der Waals surface area contributed by atoms with E-state index in [2.05, 4.69) is 22.7 Å². The van der Waals surface area contributed by atoms with E-state index < -0.39 is 42.7 Å². The first-order valence-corrected chi connectivity index (χ1v) is 14.3. The van der Waals surface area contributed by atoms with E-state index in [0.29, 0.717) is 17.6 Å². The molecule has 11 nitrogen and oxygen atoms in total. The zero-order valence-electron chi connectivity index (χ0n) is 21.9. The zero-order chi connectivity index (χ0) is 27.5. The number of thiol groups is 1. The summed E-state index contributed by atoms with van der Waals surface area (Å²) in [7, 11) is -2.92. The van der Waals surface area contributed by atoms with E-state index in [1.165, 1.54) is 10.8 Å². The molecular weight excluding hydrogens is 529 g/mol. The molecule has 1 aliphatic carbocycles. The lowest BCUT2D eigenvalue weighted by Crippen LogP contribution is -2.41. The Kier molecular flexibility index (Phi) is 7.18. The summed E-state index contributed by atoms with van der Waals surface area (Å²) < 4.78 is 44.3. The van der Waals surface area contributed by atoms with Crippen LogP contribution in [-0.2, 0) is 33.4 Å². The van der Waals surface area contributed by atoms with Crippen molar-refractivity contribution in [3.8, 4) is 6.07 Å². The summed E-state index contributed by atoms with van der Waals surface area (Å²) in [5, 5.41) is 14.7. The molecule has 13 heteroatoms. The van der Waals surface area contributed by atoms with Gasteiger partial charge in [0.2, 0.25) is 5.60 Å². The lowest BCUT2D eigenvalue weighted by molar-refractivity contribution is -0.204. The topological polar surface area (TPSA) is 143 Å². The number of hydrogen-bond donors (Lipinski definition) is 2. The number of nitrogens with two attached hydrogens (primary N) is 1. The van der Waals surface area contributed by atoms with Crippen molar-refractivity contribution in [2.45, 2.75) is 87.5 Å². The van der Waals surface area contributed by atoms with Gasteiger partial charge in [0.05, 0.1) is 18.4 Å². The summed E-state index contributed by atoms with van der Waals surface area (Å²) in [5.41, 5.74) is 6.45. The molecular formula is C25H34N5O6PS. The van der Waals surface area contributed by atoms with Crippen LogP contribution in [0.5, 0.6) is 0 Å². The highest BCUT2D eigenvalue weighted by atomic mass is 32.1. The van der Waals surface area contributed by atoms with Gasteiger partial charge in [-0.25, -0.2) is 9.50 Å². The van der Waals surface area contributed by atoms with Crippen molar-refractivity contribution in [3.05, 3.63) is 36.3 Å². The van der Waals surface area contributed by atoms with Gasteiger partial charge in [-0.05, 0) is 65.0 Å². The van der Waals surface area contributed by atoms with Crippen molar-refractivity contribution >= 4 is 32.2 Å². The standard InChI is InChI=1S/C25H34N5O6PS/c1-14(2)15-8-9-24(5,38)19(10-15)36-37(31)32-11-17-20-21(35-23(3,4)34-20)25(12-26,33-17)18-7-6-16-22(27)28-13-29-30(16)18/h6-7,13,15,17,19-21,37-38H,1,8-11H2,2-5H3,(H2,27,28,29)/t15-,17+,19?,20+,21+,24+,25-/m0/s1. The molecule has 206 valence electrons. The molecule has 0 radical (unpaired) electrons. The lowest BCUT2D eigenvalue weighted by Gasteiger charge is -2.40. The minimum atomic E-state index is -2.92. The second kappa shape index (κ2) is 9.89. The maximum absolute atomic E-state index is 13.0. The van der Waals surface area contributed by atoms with Gasteiger partial charge in [-0.3, -0.25) is 4.57 Å². The quantitative estimate of drug-likeness (QED) is 0.290. The molecule has 2 aromatic heterocycles. The summed E-state index contributed by atoms with van der Waals surface area (Å²) in [6.45, 7) is 11.5. The van der Waals surface area contributed by atoms with E-state index in [1.807, 2.05) is 13.8 Å². The van der Waals surface area contributed by atoms with E-state index in [1.54, 1.807) is 26.0 Å². The number of ether oxygens (including phenoxy) is 3. The third kappa shape index (κ3) is 4.79. The number of nitriles is 1. The first-order chi connectivity index (χ1) is 17.9. The third-order valence-corrected chi connectivity index (χ3v) is 9.14. The molecule has 4 heterocycles. The maximum Gasteiger partial charge on any atom is 0.319 e. The van der Waals surface area contributed by atoms with Crippen LogP contribution in [0.2, 0.25) is 0 Å². The number of anilines is 1. The molecule has 0 bridgehead atoms. The molecule has 8 atom stereocenters. The van der Waals surface area contributed by atoms with Crippen LogP contribution in [0.3, 0.4) is 0 Å². The molecule has 2 aromatic rings. The average molecular weight is 564 g/mol. The molecule has 1 saturated carbocycles. The van der Waals surface area contributed by atoms with E-state index in [9.17, 15) is 9.83 Å². The smallest absolute Gasteiger partial charge is 0.319 e. The number of allylic oxidation sites excluding steroid dienone is 1. The maximum atomic E-state index is 13.0. The average Bonchev–Trinajstić information content (AvgIpc) is 3.50. The summed E-state index contributed by atoms with van der Waals surface area (Å²) in [6, 6.07) is 5.71. The van der Waals surface area contributed by atoms with Gasteiger partial charge < -0.3 is 29.0 Å².